The molecule has 6 heteroatoms. The molecule has 0 fully saturated rings. The Kier molecular flexibility index (Phi) is 3.66. The van der Waals surface area contributed by atoms with Crippen molar-refractivity contribution in [2.45, 2.75) is 6.04 Å². The maximum absolute atomic E-state index is 11.5. The zero-order valence-electron chi connectivity index (χ0n) is 9.80. The molecule has 0 aliphatic carbocycles. The predicted octanol–water partition coefficient (Wildman–Crippen LogP) is 1.82. The van der Waals surface area contributed by atoms with Crippen molar-refractivity contribution in [1.29, 1.82) is 0 Å². The minimum atomic E-state index is -0.600. The molecule has 1 aromatic carbocycles. The quantitative estimate of drug-likeness (QED) is 0.905. The molecule has 0 saturated heterocycles. The number of carbonyl (C=O) groups excluding carboxylic acids is 1. The first-order valence-electron chi connectivity index (χ1n) is 5.37. The highest BCUT2D eigenvalue weighted by molar-refractivity contribution is 9.10. The van der Waals surface area contributed by atoms with E-state index in [-0.39, 0.29) is 0 Å². The van der Waals surface area contributed by atoms with E-state index in [1.165, 1.54) is 0 Å². The van der Waals surface area contributed by atoms with E-state index in [4.69, 9.17) is 5.73 Å². The summed E-state index contributed by atoms with van der Waals surface area (Å²) in [5, 5.41) is 7.18. The molecule has 3 N–H and O–H groups in total. The van der Waals surface area contributed by atoms with Gasteiger partial charge in [-0.1, -0.05) is 28.1 Å². The number of amides is 1. The number of nitrogens with two attached hydrogens (primary N) is 1. The number of aromatic nitrogens is 2. The lowest BCUT2D eigenvalue weighted by Crippen LogP contribution is -2.27. The van der Waals surface area contributed by atoms with E-state index in [2.05, 4.69) is 26.3 Å². The highest BCUT2D eigenvalue weighted by atomic mass is 79.9. The average Bonchev–Trinajstić information content (AvgIpc) is 2.71. The van der Waals surface area contributed by atoms with E-state index in [0.29, 0.717) is 5.82 Å². The Bertz CT molecular complexity index is 567. The Balaban J connectivity index is 2.26. The number of nitrogens with one attached hydrogen (secondary N) is 1. The number of benzene rings is 1. The standard InChI is InChI=1S/C12H13BrN4O/c1-17-6-5-10(16-17)15-11(12(14)18)8-3-2-4-9(13)7-8/h2-7,11H,1H3,(H2,14,18)(H,15,16)/t11-/m0/s1. The Morgan fingerprint density at radius 1 is 1.50 bits per heavy atom. The molecule has 18 heavy (non-hydrogen) atoms. The lowest BCUT2D eigenvalue weighted by Gasteiger charge is -2.15. The van der Waals surface area contributed by atoms with E-state index in [1.807, 2.05) is 31.3 Å². The largest absolute Gasteiger partial charge is 0.368 e. The highest BCUT2D eigenvalue weighted by Crippen LogP contribution is 2.21. The first kappa shape index (κ1) is 12.6. The molecular formula is C12H13BrN4O. The fourth-order valence-corrected chi connectivity index (χ4v) is 2.06. The summed E-state index contributed by atoms with van der Waals surface area (Å²) in [5.41, 5.74) is 6.22. The van der Waals surface area contributed by atoms with Crippen LogP contribution < -0.4 is 11.1 Å². The third-order valence-electron chi connectivity index (χ3n) is 2.47. The number of hydrogen-bond acceptors (Lipinski definition) is 3. The van der Waals surface area contributed by atoms with Crippen LogP contribution in [0, 0.1) is 0 Å². The maximum Gasteiger partial charge on any atom is 0.244 e. The molecule has 0 unspecified atom stereocenters. The second-order valence-electron chi connectivity index (χ2n) is 3.91. The van der Waals surface area contributed by atoms with Gasteiger partial charge in [0.25, 0.3) is 0 Å². The van der Waals surface area contributed by atoms with Crippen LogP contribution in [0.2, 0.25) is 0 Å². The van der Waals surface area contributed by atoms with Gasteiger partial charge in [0.1, 0.15) is 11.9 Å². The van der Waals surface area contributed by atoms with Crippen LogP contribution in [0.3, 0.4) is 0 Å². The van der Waals surface area contributed by atoms with Crippen molar-refractivity contribution < 1.29 is 4.79 Å². The zero-order valence-corrected chi connectivity index (χ0v) is 11.4. The fourth-order valence-electron chi connectivity index (χ4n) is 1.64. The minimum absolute atomic E-state index is 0.446. The van der Waals surface area contributed by atoms with Crippen molar-refractivity contribution >= 4 is 27.7 Å². The third kappa shape index (κ3) is 2.89. The summed E-state index contributed by atoms with van der Waals surface area (Å²) in [5.74, 6) is 0.167. The van der Waals surface area contributed by atoms with Crippen molar-refractivity contribution in [3.63, 3.8) is 0 Å². The fraction of sp³-hybridized carbons (Fsp3) is 0.167. The topological polar surface area (TPSA) is 72.9 Å². The molecular weight excluding hydrogens is 296 g/mol. The van der Waals surface area contributed by atoms with Crippen molar-refractivity contribution in [3.8, 4) is 0 Å². The lowest BCUT2D eigenvalue weighted by molar-refractivity contribution is -0.118. The molecule has 2 aromatic rings. The van der Waals surface area contributed by atoms with Crippen LogP contribution in [0.4, 0.5) is 5.82 Å². The zero-order chi connectivity index (χ0) is 13.1. The Hall–Kier alpha value is -1.82. The number of nitrogens with zero attached hydrogens (tertiary/aromatic N) is 2. The number of halogens is 1. The third-order valence-corrected chi connectivity index (χ3v) is 2.97. The first-order chi connectivity index (χ1) is 8.56. The number of aryl methyl sites for hydroxylation is 1. The maximum atomic E-state index is 11.5. The molecule has 0 radical (unpaired) electrons. The number of hydrogen-bond donors (Lipinski definition) is 2. The van der Waals surface area contributed by atoms with Gasteiger partial charge in [-0.25, -0.2) is 0 Å². The van der Waals surface area contributed by atoms with E-state index < -0.39 is 11.9 Å². The summed E-state index contributed by atoms with van der Waals surface area (Å²) >= 11 is 3.37. The number of primary amides is 1. The van der Waals surface area contributed by atoms with Gasteiger partial charge in [-0.15, -0.1) is 0 Å². The van der Waals surface area contributed by atoms with Gasteiger partial charge in [0.2, 0.25) is 5.91 Å². The van der Waals surface area contributed by atoms with Crippen molar-refractivity contribution in [1.82, 2.24) is 9.78 Å². The van der Waals surface area contributed by atoms with Crippen LogP contribution in [-0.4, -0.2) is 15.7 Å². The summed E-state index contributed by atoms with van der Waals surface area (Å²) in [6.07, 6.45) is 1.79. The summed E-state index contributed by atoms with van der Waals surface area (Å²) in [7, 11) is 1.81. The van der Waals surface area contributed by atoms with Crippen molar-refractivity contribution in [2.24, 2.45) is 12.8 Å². The van der Waals surface area contributed by atoms with E-state index in [0.717, 1.165) is 10.0 Å². The molecule has 1 atom stereocenters. The molecule has 94 valence electrons. The smallest absolute Gasteiger partial charge is 0.244 e. The van der Waals surface area contributed by atoms with Gasteiger partial charge < -0.3 is 11.1 Å². The SMILES string of the molecule is Cn1ccc(N[C@H](C(N)=O)c2cccc(Br)c2)n1. The van der Waals surface area contributed by atoms with Crippen molar-refractivity contribution in [3.05, 3.63) is 46.6 Å². The van der Waals surface area contributed by atoms with Crippen LogP contribution in [0.15, 0.2) is 41.0 Å². The number of anilines is 1. The van der Waals surface area contributed by atoms with Crippen LogP contribution >= 0.6 is 15.9 Å². The monoisotopic (exact) mass is 308 g/mol. The minimum Gasteiger partial charge on any atom is -0.368 e. The van der Waals surface area contributed by atoms with E-state index >= 15 is 0 Å². The molecule has 0 spiro atoms. The molecule has 5 nitrogen and oxygen atoms in total. The van der Waals surface area contributed by atoms with Crippen LogP contribution in [0.1, 0.15) is 11.6 Å². The van der Waals surface area contributed by atoms with Gasteiger partial charge in [0.05, 0.1) is 0 Å². The van der Waals surface area contributed by atoms with Crippen LogP contribution in [0.25, 0.3) is 0 Å². The Morgan fingerprint density at radius 2 is 2.28 bits per heavy atom. The second-order valence-corrected chi connectivity index (χ2v) is 4.83. The van der Waals surface area contributed by atoms with Gasteiger partial charge in [0, 0.05) is 23.8 Å². The molecule has 1 heterocycles. The Morgan fingerprint density at radius 3 is 2.83 bits per heavy atom. The second kappa shape index (κ2) is 5.22. The Labute approximate surface area is 113 Å². The molecule has 1 aromatic heterocycles. The van der Waals surface area contributed by atoms with Gasteiger partial charge >= 0.3 is 0 Å². The van der Waals surface area contributed by atoms with Crippen molar-refractivity contribution in [2.75, 3.05) is 5.32 Å². The molecule has 1 amide bonds. The molecule has 0 aliphatic rings. The van der Waals surface area contributed by atoms with Crippen LogP contribution in [-0.2, 0) is 11.8 Å². The first-order valence-corrected chi connectivity index (χ1v) is 6.16. The predicted molar refractivity (Wildman–Crippen MR) is 72.9 cm³/mol. The number of rotatable bonds is 4. The normalized spacial score (nSPS) is 12.1. The van der Waals surface area contributed by atoms with E-state index in [1.54, 1.807) is 16.9 Å². The highest BCUT2D eigenvalue weighted by Gasteiger charge is 2.18. The number of carbonyl (C=O) groups is 1. The molecule has 0 bridgehead atoms. The van der Waals surface area contributed by atoms with E-state index in [9.17, 15) is 4.79 Å². The van der Waals surface area contributed by atoms with Gasteiger partial charge in [-0.3, -0.25) is 9.48 Å². The molecule has 0 saturated carbocycles. The van der Waals surface area contributed by atoms with Gasteiger partial charge in [0.15, 0.2) is 0 Å². The summed E-state index contributed by atoms with van der Waals surface area (Å²) in [6, 6.07) is 8.63. The molecule has 2 rings (SSSR count). The average molecular weight is 309 g/mol. The van der Waals surface area contributed by atoms with Gasteiger partial charge in [-0.05, 0) is 17.7 Å². The van der Waals surface area contributed by atoms with Gasteiger partial charge in [-0.2, -0.15) is 5.10 Å². The summed E-state index contributed by atoms with van der Waals surface area (Å²) in [4.78, 5) is 11.5. The lowest BCUT2D eigenvalue weighted by atomic mass is 10.1. The van der Waals surface area contributed by atoms with Crippen LogP contribution in [0.5, 0.6) is 0 Å². The summed E-state index contributed by atoms with van der Waals surface area (Å²) < 4.78 is 2.55. The molecule has 0 aliphatic heterocycles. The summed E-state index contributed by atoms with van der Waals surface area (Å²) in [6.45, 7) is 0.